The zero-order valence-electron chi connectivity index (χ0n) is 12.0. The van der Waals surface area contributed by atoms with E-state index < -0.39 is 0 Å². The summed E-state index contributed by atoms with van der Waals surface area (Å²) in [5.74, 6) is 0. The summed E-state index contributed by atoms with van der Waals surface area (Å²) in [6.07, 6.45) is 6.27. The van der Waals surface area contributed by atoms with Crippen molar-refractivity contribution in [2.24, 2.45) is 0 Å². The van der Waals surface area contributed by atoms with Gasteiger partial charge in [0.2, 0.25) is 0 Å². The first kappa shape index (κ1) is 13.4. The third-order valence-electron chi connectivity index (χ3n) is 3.81. The molecule has 0 aliphatic heterocycles. The summed E-state index contributed by atoms with van der Waals surface area (Å²) in [6, 6.07) is 8.96. The number of benzene rings is 1. The minimum Gasteiger partial charge on any atom is -0.309 e. The standard InChI is InChI=1S/C17H25N/c1-4-5-9-16-15(11-12-18(2)3)13-14-8-6-7-10-17(14)16/h6-8,10H,4-5,9,11-13H2,1-3H3. The molecule has 1 heteroatoms. The van der Waals surface area contributed by atoms with E-state index in [9.17, 15) is 0 Å². The third-order valence-corrected chi connectivity index (χ3v) is 3.81. The molecule has 1 aromatic rings. The van der Waals surface area contributed by atoms with Gasteiger partial charge in [0.05, 0.1) is 0 Å². The molecule has 0 fully saturated rings. The normalized spacial score (nSPS) is 14.4. The van der Waals surface area contributed by atoms with Crippen molar-refractivity contribution < 1.29 is 0 Å². The first-order chi connectivity index (χ1) is 8.72. The Labute approximate surface area is 112 Å². The molecule has 1 aliphatic rings. The fourth-order valence-electron chi connectivity index (χ4n) is 2.76. The van der Waals surface area contributed by atoms with E-state index in [1.54, 1.807) is 11.1 Å². The van der Waals surface area contributed by atoms with Gasteiger partial charge >= 0.3 is 0 Å². The van der Waals surface area contributed by atoms with E-state index in [0.717, 1.165) is 0 Å². The molecule has 0 amide bonds. The van der Waals surface area contributed by atoms with Crippen molar-refractivity contribution in [3.63, 3.8) is 0 Å². The fraction of sp³-hybridized carbons (Fsp3) is 0.529. The van der Waals surface area contributed by atoms with E-state index in [-0.39, 0.29) is 0 Å². The monoisotopic (exact) mass is 243 g/mol. The predicted molar refractivity (Wildman–Crippen MR) is 79.8 cm³/mol. The van der Waals surface area contributed by atoms with Gasteiger partial charge in [-0.3, -0.25) is 0 Å². The van der Waals surface area contributed by atoms with Crippen LogP contribution in [0.5, 0.6) is 0 Å². The summed E-state index contributed by atoms with van der Waals surface area (Å²) in [5.41, 5.74) is 6.39. The van der Waals surface area contributed by atoms with Gasteiger partial charge in [-0.05, 0) is 56.5 Å². The third kappa shape index (κ3) is 3.02. The second kappa shape index (κ2) is 6.19. The lowest BCUT2D eigenvalue weighted by atomic mass is 9.99. The van der Waals surface area contributed by atoms with Crippen LogP contribution in [0.3, 0.4) is 0 Å². The zero-order valence-corrected chi connectivity index (χ0v) is 12.0. The Kier molecular flexibility index (Phi) is 4.60. The Morgan fingerprint density at radius 2 is 1.89 bits per heavy atom. The van der Waals surface area contributed by atoms with E-state index in [1.807, 2.05) is 0 Å². The highest BCUT2D eigenvalue weighted by Gasteiger charge is 2.20. The molecule has 1 aromatic carbocycles. The molecule has 0 spiro atoms. The molecule has 0 aromatic heterocycles. The van der Waals surface area contributed by atoms with Crippen molar-refractivity contribution in [2.75, 3.05) is 20.6 Å². The highest BCUT2D eigenvalue weighted by atomic mass is 15.0. The SMILES string of the molecule is CCCCC1=C(CCN(C)C)Cc2ccccc21. The van der Waals surface area contributed by atoms with Crippen molar-refractivity contribution >= 4 is 5.57 Å². The first-order valence-electron chi connectivity index (χ1n) is 7.16. The van der Waals surface area contributed by atoms with Crippen LogP contribution in [-0.4, -0.2) is 25.5 Å². The van der Waals surface area contributed by atoms with Crippen molar-refractivity contribution in [2.45, 2.75) is 39.0 Å². The molecule has 2 rings (SSSR count). The number of nitrogens with zero attached hydrogens (tertiary/aromatic N) is 1. The van der Waals surface area contributed by atoms with Gasteiger partial charge in [0.25, 0.3) is 0 Å². The van der Waals surface area contributed by atoms with Crippen LogP contribution in [0.25, 0.3) is 5.57 Å². The van der Waals surface area contributed by atoms with Crippen LogP contribution in [0.1, 0.15) is 43.7 Å². The minimum absolute atomic E-state index is 1.17. The highest BCUT2D eigenvalue weighted by Crippen LogP contribution is 2.37. The lowest BCUT2D eigenvalue weighted by Crippen LogP contribution is -2.13. The largest absolute Gasteiger partial charge is 0.309 e. The van der Waals surface area contributed by atoms with Crippen molar-refractivity contribution in [1.29, 1.82) is 0 Å². The molecule has 0 unspecified atom stereocenters. The molecule has 1 aliphatic carbocycles. The molecule has 0 radical (unpaired) electrons. The topological polar surface area (TPSA) is 3.24 Å². The van der Waals surface area contributed by atoms with E-state index in [0.29, 0.717) is 0 Å². The van der Waals surface area contributed by atoms with Gasteiger partial charge in [0.15, 0.2) is 0 Å². The highest BCUT2D eigenvalue weighted by molar-refractivity contribution is 5.76. The molecule has 0 heterocycles. The average Bonchev–Trinajstić information content (AvgIpc) is 2.71. The Bertz CT molecular complexity index is 429. The smallest absolute Gasteiger partial charge is 0.00128 e. The number of hydrogen-bond donors (Lipinski definition) is 0. The van der Waals surface area contributed by atoms with Gasteiger partial charge in [-0.1, -0.05) is 43.2 Å². The summed E-state index contributed by atoms with van der Waals surface area (Å²) in [5, 5.41) is 0. The lowest BCUT2D eigenvalue weighted by Gasteiger charge is -2.12. The first-order valence-corrected chi connectivity index (χ1v) is 7.16. The van der Waals surface area contributed by atoms with Crippen LogP contribution >= 0.6 is 0 Å². The maximum Gasteiger partial charge on any atom is 0.00128 e. The Balaban J connectivity index is 2.18. The van der Waals surface area contributed by atoms with Crippen molar-refractivity contribution in [3.05, 3.63) is 41.0 Å². The maximum atomic E-state index is 2.31. The number of fused-ring (bicyclic) bond motifs is 1. The van der Waals surface area contributed by atoms with E-state index in [1.165, 1.54) is 49.8 Å². The molecule has 1 nitrogen and oxygen atoms in total. The van der Waals surface area contributed by atoms with Crippen molar-refractivity contribution in [1.82, 2.24) is 4.90 Å². The second-order valence-electron chi connectivity index (χ2n) is 5.57. The quantitative estimate of drug-likeness (QED) is 0.726. The van der Waals surface area contributed by atoms with E-state index in [2.05, 4.69) is 50.2 Å². The van der Waals surface area contributed by atoms with Gasteiger partial charge in [-0.25, -0.2) is 0 Å². The lowest BCUT2D eigenvalue weighted by molar-refractivity contribution is 0.412. The summed E-state index contributed by atoms with van der Waals surface area (Å²) in [7, 11) is 4.32. The van der Waals surface area contributed by atoms with Crippen LogP contribution in [0.2, 0.25) is 0 Å². The van der Waals surface area contributed by atoms with Gasteiger partial charge in [-0.15, -0.1) is 0 Å². The molecule has 0 saturated heterocycles. The summed E-state index contributed by atoms with van der Waals surface area (Å²) >= 11 is 0. The second-order valence-corrected chi connectivity index (χ2v) is 5.57. The Morgan fingerprint density at radius 3 is 2.61 bits per heavy atom. The predicted octanol–water partition coefficient (Wildman–Crippen LogP) is 4.14. The van der Waals surface area contributed by atoms with Crippen molar-refractivity contribution in [3.8, 4) is 0 Å². The van der Waals surface area contributed by atoms with Crippen LogP contribution in [0.4, 0.5) is 0 Å². The summed E-state index contributed by atoms with van der Waals surface area (Å²) in [6.45, 7) is 3.44. The van der Waals surface area contributed by atoms with Crippen LogP contribution in [0.15, 0.2) is 29.8 Å². The zero-order chi connectivity index (χ0) is 13.0. The molecular weight excluding hydrogens is 218 g/mol. The molecule has 0 saturated carbocycles. The fourth-order valence-corrected chi connectivity index (χ4v) is 2.76. The van der Waals surface area contributed by atoms with Gasteiger partial charge in [-0.2, -0.15) is 0 Å². The molecule has 0 atom stereocenters. The average molecular weight is 243 g/mol. The van der Waals surface area contributed by atoms with E-state index in [4.69, 9.17) is 0 Å². The van der Waals surface area contributed by atoms with Crippen LogP contribution in [0, 0.1) is 0 Å². The molecule has 0 N–H and O–H groups in total. The van der Waals surface area contributed by atoms with Gasteiger partial charge in [0.1, 0.15) is 0 Å². The molecule has 98 valence electrons. The van der Waals surface area contributed by atoms with Crippen LogP contribution < -0.4 is 0 Å². The number of allylic oxidation sites excluding steroid dienone is 1. The minimum atomic E-state index is 1.17. The molecule has 18 heavy (non-hydrogen) atoms. The van der Waals surface area contributed by atoms with Gasteiger partial charge < -0.3 is 4.90 Å². The summed E-state index contributed by atoms with van der Waals surface area (Å²) in [4.78, 5) is 2.29. The maximum absolute atomic E-state index is 2.31. The van der Waals surface area contributed by atoms with Crippen LogP contribution in [-0.2, 0) is 6.42 Å². The number of rotatable bonds is 6. The summed E-state index contributed by atoms with van der Waals surface area (Å²) < 4.78 is 0. The van der Waals surface area contributed by atoms with E-state index >= 15 is 0 Å². The molecule has 0 bridgehead atoms. The number of unbranched alkanes of at least 4 members (excludes halogenated alkanes) is 1. The Hall–Kier alpha value is -1.08. The Morgan fingerprint density at radius 1 is 1.11 bits per heavy atom. The number of hydrogen-bond acceptors (Lipinski definition) is 1. The molecular formula is C17H25N. The van der Waals surface area contributed by atoms with Gasteiger partial charge in [0, 0.05) is 6.54 Å².